The zero-order valence-corrected chi connectivity index (χ0v) is 13.2. The highest BCUT2D eigenvalue weighted by Gasteiger charge is 2.26. The van der Waals surface area contributed by atoms with Crippen molar-refractivity contribution in [3.05, 3.63) is 22.4 Å². The molecule has 1 aromatic rings. The highest BCUT2D eigenvalue weighted by atomic mass is 32.1. The maximum Gasteiger partial charge on any atom is 0.390 e. The summed E-state index contributed by atoms with van der Waals surface area (Å²) in [5.74, 6) is 0.793. The number of hydrogen-bond acceptors (Lipinski definition) is 2. The lowest BCUT2D eigenvalue weighted by atomic mass is 10.1. The van der Waals surface area contributed by atoms with Gasteiger partial charge in [0, 0.05) is 24.5 Å². The summed E-state index contributed by atoms with van der Waals surface area (Å²) < 4.78 is 36.4. The van der Waals surface area contributed by atoms with Crippen LogP contribution < -0.4 is 10.6 Å². The Balaban J connectivity index is 2.39. The zero-order chi connectivity index (χ0) is 15.7. The zero-order valence-electron chi connectivity index (χ0n) is 12.3. The molecular weight excluding hydrogens is 299 g/mol. The van der Waals surface area contributed by atoms with Crippen molar-refractivity contribution in [3.8, 4) is 0 Å². The van der Waals surface area contributed by atoms with E-state index in [4.69, 9.17) is 0 Å². The predicted molar refractivity (Wildman–Crippen MR) is 81.8 cm³/mol. The van der Waals surface area contributed by atoms with Crippen LogP contribution in [0.5, 0.6) is 0 Å². The van der Waals surface area contributed by atoms with E-state index in [9.17, 15) is 13.2 Å². The Morgan fingerprint density at radius 1 is 1.38 bits per heavy atom. The summed E-state index contributed by atoms with van der Waals surface area (Å²) in [6.07, 6.45) is -4.07. The normalized spacial score (nSPS) is 14.0. The Bertz CT molecular complexity index is 416. The van der Waals surface area contributed by atoms with Crippen LogP contribution in [0.1, 0.15) is 25.1 Å². The second-order valence-electron chi connectivity index (χ2n) is 4.90. The third-order valence-electron chi connectivity index (χ3n) is 2.74. The van der Waals surface area contributed by atoms with Gasteiger partial charge in [0.25, 0.3) is 0 Å². The van der Waals surface area contributed by atoms with Gasteiger partial charge in [-0.15, -0.1) is 11.3 Å². The third kappa shape index (κ3) is 8.60. The second kappa shape index (κ2) is 8.92. The van der Waals surface area contributed by atoms with E-state index >= 15 is 0 Å². The molecule has 120 valence electrons. The average Bonchev–Trinajstić information content (AvgIpc) is 2.87. The molecule has 1 aromatic heterocycles. The molecule has 0 saturated carbocycles. The van der Waals surface area contributed by atoms with Crippen LogP contribution in [-0.2, 0) is 6.42 Å². The number of thiophene rings is 1. The number of rotatable bonds is 7. The first-order valence-electron chi connectivity index (χ1n) is 7.02. The van der Waals surface area contributed by atoms with Crippen LogP contribution in [0.2, 0.25) is 0 Å². The van der Waals surface area contributed by atoms with Gasteiger partial charge in [-0.1, -0.05) is 13.0 Å². The summed E-state index contributed by atoms with van der Waals surface area (Å²) in [5, 5.41) is 7.71. The monoisotopic (exact) mass is 321 g/mol. The van der Waals surface area contributed by atoms with Crippen LogP contribution in [0.4, 0.5) is 13.2 Å². The molecule has 0 aliphatic heterocycles. The first-order chi connectivity index (χ1) is 9.90. The molecule has 1 atom stereocenters. The fourth-order valence-corrected chi connectivity index (χ4v) is 2.62. The molecule has 1 unspecified atom stereocenters. The highest BCUT2D eigenvalue weighted by molar-refractivity contribution is 7.09. The van der Waals surface area contributed by atoms with Crippen molar-refractivity contribution in [3.63, 3.8) is 0 Å². The summed E-state index contributed by atoms with van der Waals surface area (Å²) in [7, 11) is 0. The SMILES string of the molecule is CCNC(=NCC(C)Cc1cccs1)NCCC(F)(F)F. The van der Waals surface area contributed by atoms with Crippen LogP contribution in [-0.4, -0.2) is 31.8 Å². The molecule has 1 rings (SSSR count). The molecule has 0 spiro atoms. The van der Waals surface area contributed by atoms with Gasteiger partial charge in [0.15, 0.2) is 5.96 Å². The van der Waals surface area contributed by atoms with E-state index in [-0.39, 0.29) is 6.54 Å². The van der Waals surface area contributed by atoms with E-state index in [1.165, 1.54) is 4.88 Å². The van der Waals surface area contributed by atoms with Gasteiger partial charge in [-0.25, -0.2) is 0 Å². The van der Waals surface area contributed by atoms with Crippen molar-refractivity contribution >= 4 is 17.3 Å². The molecule has 0 amide bonds. The van der Waals surface area contributed by atoms with E-state index in [0.717, 1.165) is 6.42 Å². The summed E-state index contributed by atoms with van der Waals surface area (Å²) in [6, 6.07) is 4.09. The largest absolute Gasteiger partial charge is 0.390 e. The fourth-order valence-electron chi connectivity index (χ4n) is 1.75. The maximum atomic E-state index is 12.1. The minimum Gasteiger partial charge on any atom is -0.357 e. The van der Waals surface area contributed by atoms with Crippen molar-refractivity contribution in [2.45, 2.75) is 32.9 Å². The quantitative estimate of drug-likeness (QED) is 0.596. The van der Waals surface area contributed by atoms with E-state index in [0.29, 0.717) is 25.0 Å². The Kier molecular flexibility index (Phi) is 7.56. The summed E-state index contributed by atoms with van der Waals surface area (Å²) in [6.45, 7) is 5.02. The average molecular weight is 321 g/mol. The molecule has 3 nitrogen and oxygen atoms in total. The number of nitrogens with one attached hydrogen (secondary N) is 2. The minimum absolute atomic E-state index is 0.158. The van der Waals surface area contributed by atoms with E-state index in [1.54, 1.807) is 11.3 Å². The summed E-state index contributed by atoms with van der Waals surface area (Å²) in [4.78, 5) is 5.64. The lowest BCUT2D eigenvalue weighted by molar-refractivity contribution is -0.132. The molecule has 0 aliphatic carbocycles. The first-order valence-corrected chi connectivity index (χ1v) is 7.90. The van der Waals surface area contributed by atoms with Gasteiger partial charge in [-0.2, -0.15) is 13.2 Å². The lowest BCUT2D eigenvalue weighted by Crippen LogP contribution is -2.39. The van der Waals surface area contributed by atoms with Crippen LogP contribution in [0.3, 0.4) is 0 Å². The molecule has 7 heteroatoms. The van der Waals surface area contributed by atoms with Crippen molar-refractivity contribution in [2.75, 3.05) is 19.6 Å². The van der Waals surface area contributed by atoms with Gasteiger partial charge in [0.2, 0.25) is 0 Å². The maximum absolute atomic E-state index is 12.1. The van der Waals surface area contributed by atoms with Crippen LogP contribution in [0.25, 0.3) is 0 Å². The molecule has 0 aliphatic rings. The topological polar surface area (TPSA) is 36.4 Å². The molecule has 0 bridgehead atoms. The molecule has 0 fully saturated rings. The van der Waals surface area contributed by atoms with Gasteiger partial charge in [-0.05, 0) is 30.7 Å². The van der Waals surface area contributed by atoms with Crippen LogP contribution >= 0.6 is 11.3 Å². The van der Waals surface area contributed by atoms with Gasteiger partial charge in [-0.3, -0.25) is 4.99 Å². The van der Waals surface area contributed by atoms with Crippen molar-refractivity contribution < 1.29 is 13.2 Å². The van der Waals surface area contributed by atoms with Crippen molar-refractivity contribution in [1.29, 1.82) is 0 Å². The van der Waals surface area contributed by atoms with E-state index < -0.39 is 12.6 Å². The lowest BCUT2D eigenvalue weighted by Gasteiger charge is -2.14. The fraction of sp³-hybridized carbons (Fsp3) is 0.643. The van der Waals surface area contributed by atoms with E-state index in [1.807, 2.05) is 18.4 Å². The van der Waals surface area contributed by atoms with Crippen LogP contribution in [0.15, 0.2) is 22.5 Å². The second-order valence-corrected chi connectivity index (χ2v) is 5.93. The van der Waals surface area contributed by atoms with E-state index in [2.05, 4.69) is 28.6 Å². The number of hydrogen-bond donors (Lipinski definition) is 2. The standard InChI is InChI=1S/C14H22F3N3S/c1-3-18-13(19-7-6-14(15,16)17)20-10-11(2)9-12-5-4-8-21-12/h4-5,8,11H,3,6-7,9-10H2,1-2H3,(H2,18,19,20). The molecule has 21 heavy (non-hydrogen) atoms. The minimum atomic E-state index is -4.14. The van der Waals surface area contributed by atoms with Gasteiger partial charge in [0.1, 0.15) is 0 Å². The van der Waals surface area contributed by atoms with Crippen molar-refractivity contribution in [2.24, 2.45) is 10.9 Å². The number of nitrogens with zero attached hydrogens (tertiary/aromatic N) is 1. The number of halogens is 3. The van der Waals surface area contributed by atoms with Gasteiger partial charge < -0.3 is 10.6 Å². The summed E-state index contributed by atoms with van der Waals surface area (Å²) >= 11 is 1.71. The molecular formula is C14H22F3N3S. The molecule has 0 radical (unpaired) electrons. The Morgan fingerprint density at radius 3 is 2.71 bits per heavy atom. The number of guanidine groups is 1. The first kappa shape index (κ1) is 17.8. The molecule has 2 N–H and O–H groups in total. The smallest absolute Gasteiger partial charge is 0.357 e. The molecule has 0 aromatic carbocycles. The molecule has 1 heterocycles. The number of alkyl halides is 3. The Morgan fingerprint density at radius 2 is 2.14 bits per heavy atom. The third-order valence-corrected chi connectivity index (χ3v) is 3.63. The predicted octanol–water partition coefficient (Wildman–Crippen LogP) is 3.43. The Hall–Kier alpha value is -1.24. The summed E-state index contributed by atoms with van der Waals surface area (Å²) in [5.41, 5.74) is 0. The molecule has 0 saturated heterocycles. The van der Waals surface area contributed by atoms with Gasteiger partial charge >= 0.3 is 6.18 Å². The van der Waals surface area contributed by atoms with Crippen molar-refractivity contribution in [1.82, 2.24) is 10.6 Å². The Labute approximate surface area is 127 Å². The van der Waals surface area contributed by atoms with Gasteiger partial charge in [0.05, 0.1) is 6.42 Å². The highest BCUT2D eigenvalue weighted by Crippen LogP contribution is 2.18. The number of aliphatic imine (C=N–C) groups is 1. The van der Waals surface area contributed by atoms with Crippen LogP contribution in [0, 0.1) is 5.92 Å².